The lowest BCUT2D eigenvalue weighted by Gasteiger charge is -2.43. The number of carboxylic acid groups (broad SMARTS) is 1. The maximum absolute atomic E-state index is 15.0. The number of amides is 4. The molecule has 2 aliphatic carbocycles. The summed E-state index contributed by atoms with van der Waals surface area (Å²) >= 11 is 0. The van der Waals surface area contributed by atoms with Crippen LogP contribution in [0.4, 0.5) is 13.6 Å². The summed E-state index contributed by atoms with van der Waals surface area (Å²) in [6.45, 7) is 9.49. The first kappa shape index (κ1) is 42.1. The van der Waals surface area contributed by atoms with Crippen molar-refractivity contribution in [1.82, 2.24) is 24.8 Å². The fourth-order valence-electron chi connectivity index (χ4n) is 8.23. The first-order valence-electron chi connectivity index (χ1n) is 19.5. The Morgan fingerprint density at radius 3 is 2.46 bits per heavy atom. The predicted octanol–water partition coefficient (Wildman–Crippen LogP) is 5.26. The predicted molar refractivity (Wildman–Crippen MR) is 206 cm³/mol. The second-order valence-corrected chi connectivity index (χ2v) is 19.6. The van der Waals surface area contributed by atoms with Crippen molar-refractivity contribution in [3.63, 3.8) is 0 Å². The molecule has 2 aliphatic heterocycles. The van der Waals surface area contributed by atoms with Crippen molar-refractivity contribution >= 4 is 44.6 Å². The maximum atomic E-state index is 15.0. The minimum absolute atomic E-state index is 0.0644. The van der Waals surface area contributed by atoms with E-state index in [9.17, 15) is 36.7 Å². The Morgan fingerprint density at radius 2 is 1.82 bits per heavy atom. The highest BCUT2D eigenvalue weighted by atomic mass is 32.2. The number of aromatic nitrogens is 1. The number of sulfonamides is 1. The average Bonchev–Trinajstić information content (AvgIpc) is 4.00. The summed E-state index contributed by atoms with van der Waals surface area (Å²) in [5.41, 5.74) is -2.63. The van der Waals surface area contributed by atoms with Crippen molar-refractivity contribution in [1.29, 1.82) is 0 Å². The molecule has 17 heteroatoms. The van der Waals surface area contributed by atoms with E-state index in [-0.39, 0.29) is 36.9 Å². The first-order chi connectivity index (χ1) is 26.7. The van der Waals surface area contributed by atoms with Crippen LogP contribution in [0.1, 0.15) is 86.5 Å². The van der Waals surface area contributed by atoms with Gasteiger partial charge in [0.05, 0.1) is 17.5 Å². The first-order valence-corrected chi connectivity index (χ1v) is 21.0. The second kappa shape index (κ2) is 15.7. The van der Waals surface area contributed by atoms with E-state index in [0.29, 0.717) is 42.9 Å². The lowest BCUT2D eigenvalue weighted by atomic mass is 9.85. The molecule has 0 spiro atoms. The lowest BCUT2D eigenvalue weighted by Crippen LogP contribution is -2.62. The molecule has 57 heavy (non-hydrogen) atoms. The highest BCUT2D eigenvalue weighted by Gasteiger charge is 2.63. The summed E-state index contributed by atoms with van der Waals surface area (Å²) in [4.78, 5) is 63.3. The highest BCUT2D eigenvalue weighted by Crippen LogP contribution is 2.48. The molecule has 1 aromatic carbocycles. The summed E-state index contributed by atoms with van der Waals surface area (Å²) in [6, 6.07) is 4.27. The molecule has 1 aromatic heterocycles. The smallest absolute Gasteiger partial charge is 0.408 e. The molecule has 14 nitrogen and oxygen atoms in total. The molecule has 3 heterocycles. The van der Waals surface area contributed by atoms with Gasteiger partial charge in [-0.2, -0.15) is 0 Å². The topological polar surface area (TPSA) is 185 Å². The number of allylic oxidation sites excluding steroid dienone is 1. The zero-order valence-corrected chi connectivity index (χ0v) is 34.0. The van der Waals surface area contributed by atoms with Gasteiger partial charge in [0, 0.05) is 28.7 Å². The monoisotopic (exact) mass is 817 g/mol. The Morgan fingerprint density at radius 1 is 1.14 bits per heavy atom. The summed E-state index contributed by atoms with van der Waals surface area (Å²) in [6.07, 6.45) is 2.76. The van der Waals surface area contributed by atoms with Crippen LogP contribution in [0.2, 0.25) is 0 Å². The molecule has 312 valence electrons. The zero-order valence-electron chi connectivity index (χ0n) is 33.2. The number of carbonyl (C=O) groups is 4. The number of halogens is 2. The second-order valence-electron chi connectivity index (χ2n) is 17.4. The molecule has 2 saturated carbocycles. The number of hydrogen-bond acceptors (Lipinski definition) is 9. The molecule has 0 bridgehead atoms. The molecule has 7 atom stereocenters. The Balaban J connectivity index is 1.39. The number of carbonyl (C=O) groups excluding carboxylic acids is 3. The number of benzene rings is 1. The van der Waals surface area contributed by atoms with E-state index >= 15 is 4.79 Å². The molecular formula is C40H53F2N5O9S. The van der Waals surface area contributed by atoms with Crippen LogP contribution in [-0.4, -0.2) is 106 Å². The summed E-state index contributed by atoms with van der Waals surface area (Å²) in [5.74, 6) is -2.92. The van der Waals surface area contributed by atoms with Crippen LogP contribution in [0.5, 0.6) is 11.6 Å². The molecular weight excluding hydrogens is 765 g/mol. The van der Waals surface area contributed by atoms with Crippen LogP contribution in [0, 0.1) is 17.8 Å². The summed E-state index contributed by atoms with van der Waals surface area (Å²) in [7, 11) is -4.05. The van der Waals surface area contributed by atoms with Crippen molar-refractivity contribution in [2.24, 2.45) is 17.8 Å². The van der Waals surface area contributed by atoms with Gasteiger partial charge in [0.25, 0.3) is 12.3 Å². The van der Waals surface area contributed by atoms with E-state index in [1.54, 1.807) is 52.0 Å². The number of rotatable bonds is 9. The molecule has 0 radical (unpaired) electrons. The number of nitrogens with zero attached hydrogens (tertiary/aromatic N) is 3. The standard InChI is InChI=1S/C40H53F2N5O9S/c1-23-11-7-8-12-25-19-40(25,36(50)45-57(53,54)39(6)15-16-39)44-33(48)29-18-26(21-46(29)35(49)32(24(2)17-23)47(37(51)52)38(3,4)5)56-34-28-14-10-9-13-27(28)30(20-43-34)55-22-31(41)42/h8-10,12-14,20,23-26,29,31-32H,7,11,15-19,21-22H2,1-6H3,(H,44,48)(H,45,50)(H,51,52)/b12-8-/t23-,24+,25+,26+,29-,32-,40+/m0/s1. The molecule has 0 unspecified atom stereocenters. The van der Waals surface area contributed by atoms with Gasteiger partial charge in [0.15, 0.2) is 0 Å². The van der Waals surface area contributed by atoms with Gasteiger partial charge >= 0.3 is 6.09 Å². The van der Waals surface area contributed by atoms with Gasteiger partial charge in [-0.25, -0.2) is 27.0 Å². The van der Waals surface area contributed by atoms with E-state index in [1.165, 1.54) is 11.1 Å². The number of hydrogen-bond donors (Lipinski definition) is 3. The Hall–Kier alpha value is -4.54. The van der Waals surface area contributed by atoms with Crippen LogP contribution in [0.3, 0.4) is 0 Å². The molecule has 2 aromatic rings. The van der Waals surface area contributed by atoms with Crippen molar-refractivity contribution in [2.75, 3.05) is 13.2 Å². The van der Waals surface area contributed by atoms with Crippen LogP contribution < -0.4 is 19.5 Å². The quantitative estimate of drug-likeness (QED) is 0.282. The number of fused-ring (bicyclic) bond motifs is 3. The highest BCUT2D eigenvalue weighted by molar-refractivity contribution is 7.91. The molecule has 1 saturated heterocycles. The molecule has 6 rings (SSSR count). The zero-order chi connectivity index (χ0) is 41.7. The normalized spacial score (nSPS) is 29.6. The lowest BCUT2D eigenvalue weighted by molar-refractivity contribution is -0.146. The SMILES string of the molecule is C[C@H]1CC/C=C\[C@@H]2C[C@@]2(C(=O)NS(=O)(=O)C2(C)CC2)NC(=O)[C@@H]2C[C@@H](Oc3ncc(OCC(F)F)c4ccccc34)CN2C(=O)[C@@H](N(C(=O)O)C(C)(C)C)[C@H](C)C1. The number of nitrogens with one attached hydrogen (secondary N) is 2. The van der Waals surface area contributed by atoms with E-state index < -0.39 is 92.7 Å². The van der Waals surface area contributed by atoms with Crippen molar-refractivity contribution in [2.45, 2.75) is 127 Å². The molecule has 3 fully saturated rings. The third-order valence-corrected chi connectivity index (χ3v) is 13.9. The van der Waals surface area contributed by atoms with Gasteiger partial charge in [0.2, 0.25) is 27.7 Å². The van der Waals surface area contributed by atoms with Crippen LogP contribution in [0.25, 0.3) is 10.8 Å². The van der Waals surface area contributed by atoms with E-state index in [4.69, 9.17) is 9.47 Å². The van der Waals surface area contributed by atoms with E-state index in [1.807, 2.05) is 26.0 Å². The average molecular weight is 818 g/mol. The van der Waals surface area contributed by atoms with Gasteiger partial charge in [0.1, 0.15) is 36.1 Å². The van der Waals surface area contributed by atoms with E-state index in [0.717, 1.165) is 4.90 Å². The Bertz CT molecular complexity index is 2040. The molecule has 4 amide bonds. The van der Waals surface area contributed by atoms with Gasteiger partial charge in [-0.05, 0) is 84.1 Å². The van der Waals surface area contributed by atoms with Crippen LogP contribution in [0.15, 0.2) is 42.6 Å². The van der Waals surface area contributed by atoms with Crippen molar-refractivity contribution < 1.29 is 51.0 Å². The van der Waals surface area contributed by atoms with Crippen molar-refractivity contribution in [3.8, 4) is 11.6 Å². The third-order valence-electron chi connectivity index (χ3n) is 11.8. The van der Waals surface area contributed by atoms with Crippen LogP contribution in [-0.2, 0) is 24.4 Å². The fourth-order valence-corrected chi connectivity index (χ4v) is 9.54. The Kier molecular flexibility index (Phi) is 11.6. The third kappa shape index (κ3) is 8.68. The van der Waals surface area contributed by atoms with Gasteiger partial charge < -0.3 is 24.8 Å². The Labute approximate surface area is 331 Å². The summed E-state index contributed by atoms with van der Waals surface area (Å²) < 4.78 is 65.3. The number of pyridine rings is 1. The van der Waals surface area contributed by atoms with Crippen LogP contribution >= 0.6 is 0 Å². The minimum atomic E-state index is -4.05. The fraction of sp³-hybridized carbons (Fsp3) is 0.625. The maximum Gasteiger partial charge on any atom is 0.408 e. The number of ether oxygens (including phenoxy) is 2. The largest absolute Gasteiger partial charge is 0.485 e. The minimum Gasteiger partial charge on any atom is -0.485 e. The molecule has 3 N–H and O–H groups in total. The summed E-state index contributed by atoms with van der Waals surface area (Å²) in [5, 5.41) is 14.3. The van der Waals surface area contributed by atoms with E-state index in [2.05, 4.69) is 15.0 Å². The molecule has 4 aliphatic rings. The van der Waals surface area contributed by atoms with Gasteiger partial charge in [-0.1, -0.05) is 44.2 Å². The number of alkyl halides is 2. The van der Waals surface area contributed by atoms with Gasteiger partial charge in [-0.3, -0.25) is 24.0 Å². The van der Waals surface area contributed by atoms with Crippen molar-refractivity contribution in [3.05, 3.63) is 42.6 Å². The van der Waals surface area contributed by atoms with Gasteiger partial charge in [-0.15, -0.1) is 0 Å².